The van der Waals surface area contributed by atoms with Crippen LogP contribution in [0, 0.1) is 23.7 Å². The number of terminal acetylenes is 1. The highest BCUT2D eigenvalue weighted by Crippen LogP contribution is 2.16. The Morgan fingerprint density at radius 3 is 2.88 bits per heavy atom. The topological polar surface area (TPSA) is 53.3 Å². The Morgan fingerprint density at radius 2 is 2.31 bits per heavy atom. The summed E-state index contributed by atoms with van der Waals surface area (Å²) >= 11 is 0. The maximum atomic E-state index is 11.8. The molecular formula is C12H16N2O2. The van der Waals surface area contributed by atoms with Gasteiger partial charge >= 0.3 is 0 Å². The van der Waals surface area contributed by atoms with Crippen molar-refractivity contribution in [2.45, 2.75) is 31.8 Å². The minimum absolute atomic E-state index is 0.000201. The zero-order valence-corrected chi connectivity index (χ0v) is 9.32. The third kappa shape index (κ3) is 3.92. The number of hydrogen-bond donors (Lipinski definition) is 0. The Labute approximate surface area is 96.2 Å². The van der Waals surface area contributed by atoms with Gasteiger partial charge in [0.1, 0.15) is 6.54 Å². The highest BCUT2D eigenvalue weighted by atomic mass is 16.5. The summed E-state index contributed by atoms with van der Waals surface area (Å²) in [7, 11) is 0. The summed E-state index contributed by atoms with van der Waals surface area (Å²) < 4.78 is 5.47. The van der Waals surface area contributed by atoms with Crippen LogP contribution in [-0.2, 0) is 9.53 Å². The van der Waals surface area contributed by atoms with Crippen molar-refractivity contribution in [3.8, 4) is 18.4 Å². The van der Waals surface area contributed by atoms with Crippen LogP contribution in [0.3, 0.4) is 0 Å². The molecule has 1 amide bonds. The molecule has 4 heteroatoms. The molecule has 0 spiro atoms. The number of nitriles is 1. The predicted molar refractivity (Wildman–Crippen MR) is 59.2 cm³/mol. The smallest absolute Gasteiger partial charge is 0.226 e. The zero-order valence-electron chi connectivity index (χ0n) is 9.32. The molecule has 0 radical (unpaired) electrons. The lowest BCUT2D eigenvalue weighted by atomic mass is 10.1. The lowest BCUT2D eigenvalue weighted by Crippen LogP contribution is -2.35. The summed E-state index contributed by atoms with van der Waals surface area (Å²) in [5.41, 5.74) is 0. The van der Waals surface area contributed by atoms with Gasteiger partial charge in [-0.1, -0.05) is 5.92 Å². The van der Waals surface area contributed by atoms with Crippen LogP contribution in [0.1, 0.15) is 25.7 Å². The summed E-state index contributed by atoms with van der Waals surface area (Å²) in [6.45, 7) is 0.972. The number of ether oxygens (including phenoxy) is 1. The maximum Gasteiger partial charge on any atom is 0.226 e. The zero-order chi connectivity index (χ0) is 11.8. The van der Waals surface area contributed by atoms with Gasteiger partial charge in [-0.2, -0.15) is 5.26 Å². The molecule has 0 aromatic rings. The minimum Gasteiger partial charge on any atom is -0.378 e. The van der Waals surface area contributed by atoms with Crippen LogP contribution < -0.4 is 0 Å². The van der Waals surface area contributed by atoms with Crippen molar-refractivity contribution < 1.29 is 9.53 Å². The van der Waals surface area contributed by atoms with Crippen molar-refractivity contribution in [1.82, 2.24) is 4.90 Å². The van der Waals surface area contributed by atoms with Crippen LogP contribution in [0.4, 0.5) is 0 Å². The van der Waals surface area contributed by atoms with E-state index >= 15 is 0 Å². The summed E-state index contributed by atoms with van der Waals surface area (Å²) in [6, 6.07) is 1.94. The molecule has 4 nitrogen and oxygen atoms in total. The molecule has 1 fully saturated rings. The standard InChI is InChI=1S/C12H16N2O2/c1-2-7-14(8-6-13)12(15)10-11-5-3-4-9-16-11/h1,11H,3-5,7-10H2/t11-/m1/s1. The number of amides is 1. The van der Waals surface area contributed by atoms with E-state index in [1.54, 1.807) is 0 Å². The van der Waals surface area contributed by atoms with Gasteiger partial charge in [0.05, 0.1) is 25.1 Å². The van der Waals surface area contributed by atoms with Crippen molar-refractivity contribution in [3.63, 3.8) is 0 Å². The van der Waals surface area contributed by atoms with E-state index in [9.17, 15) is 4.79 Å². The Bertz CT molecular complexity index is 292. The Morgan fingerprint density at radius 1 is 1.50 bits per heavy atom. The quantitative estimate of drug-likeness (QED) is 0.523. The van der Waals surface area contributed by atoms with Gasteiger partial charge in [0.2, 0.25) is 5.91 Å². The van der Waals surface area contributed by atoms with Gasteiger partial charge in [0, 0.05) is 6.61 Å². The lowest BCUT2D eigenvalue weighted by Gasteiger charge is -2.24. The number of carbonyl (C=O) groups excluding carboxylic acids is 1. The van der Waals surface area contributed by atoms with E-state index in [1.165, 1.54) is 4.90 Å². The highest BCUT2D eigenvalue weighted by molar-refractivity contribution is 5.77. The average molecular weight is 220 g/mol. The summed E-state index contributed by atoms with van der Waals surface area (Å²) in [6.07, 6.45) is 8.57. The van der Waals surface area contributed by atoms with Gasteiger partial charge in [-0.3, -0.25) is 4.79 Å². The fourth-order valence-electron chi connectivity index (χ4n) is 1.72. The molecule has 1 atom stereocenters. The molecule has 1 rings (SSSR count). The monoisotopic (exact) mass is 220 g/mol. The normalized spacial score (nSPS) is 19.5. The van der Waals surface area contributed by atoms with Gasteiger partial charge in [0.15, 0.2) is 0 Å². The Balaban J connectivity index is 2.41. The van der Waals surface area contributed by atoms with Crippen LogP contribution in [0.25, 0.3) is 0 Å². The van der Waals surface area contributed by atoms with E-state index in [-0.39, 0.29) is 25.1 Å². The molecule has 1 saturated heterocycles. The highest BCUT2D eigenvalue weighted by Gasteiger charge is 2.20. The van der Waals surface area contributed by atoms with E-state index in [2.05, 4.69) is 5.92 Å². The minimum atomic E-state index is -0.0913. The summed E-state index contributed by atoms with van der Waals surface area (Å²) in [5.74, 6) is 2.29. The van der Waals surface area contributed by atoms with Gasteiger partial charge in [-0.15, -0.1) is 6.42 Å². The molecule has 0 aliphatic carbocycles. The van der Waals surface area contributed by atoms with E-state index in [4.69, 9.17) is 16.4 Å². The second-order valence-corrected chi connectivity index (χ2v) is 3.80. The Hall–Kier alpha value is -1.52. The van der Waals surface area contributed by atoms with Crippen molar-refractivity contribution in [3.05, 3.63) is 0 Å². The van der Waals surface area contributed by atoms with Crippen LogP contribution in [-0.4, -0.2) is 36.6 Å². The molecule has 0 bridgehead atoms. The van der Waals surface area contributed by atoms with E-state index in [1.807, 2.05) is 6.07 Å². The first-order chi connectivity index (χ1) is 7.77. The third-order valence-electron chi connectivity index (χ3n) is 2.57. The third-order valence-corrected chi connectivity index (χ3v) is 2.57. The van der Waals surface area contributed by atoms with Crippen LogP contribution in [0.15, 0.2) is 0 Å². The molecule has 0 unspecified atom stereocenters. The number of hydrogen-bond acceptors (Lipinski definition) is 3. The molecular weight excluding hydrogens is 204 g/mol. The first-order valence-corrected chi connectivity index (χ1v) is 5.47. The molecule has 0 aromatic heterocycles. The molecule has 16 heavy (non-hydrogen) atoms. The number of carbonyl (C=O) groups is 1. The van der Waals surface area contributed by atoms with E-state index < -0.39 is 0 Å². The molecule has 0 aromatic carbocycles. The summed E-state index contributed by atoms with van der Waals surface area (Å²) in [4.78, 5) is 13.2. The Kier molecular flexibility index (Phi) is 5.39. The van der Waals surface area contributed by atoms with Crippen LogP contribution in [0.2, 0.25) is 0 Å². The van der Waals surface area contributed by atoms with Gasteiger partial charge in [-0.05, 0) is 19.3 Å². The van der Waals surface area contributed by atoms with Gasteiger partial charge in [0.25, 0.3) is 0 Å². The largest absolute Gasteiger partial charge is 0.378 e. The number of rotatable bonds is 4. The second-order valence-electron chi connectivity index (χ2n) is 3.80. The molecule has 1 aliphatic rings. The average Bonchev–Trinajstić information content (AvgIpc) is 2.30. The molecule has 1 heterocycles. The summed E-state index contributed by atoms with van der Waals surface area (Å²) in [5, 5.41) is 8.57. The number of nitrogens with zero attached hydrogens (tertiary/aromatic N) is 2. The van der Waals surface area contributed by atoms with E-state index in [0.29, 0.717) is 6.42 Å². The molecule has 1 aliphatic heterocycles. The van der Waals surface area contributed by atoms with Crippen LogP contribution in [0.5, 0.6) is 0 Å². The molecule has 0 saturated carbocycles. The molecule has 0 N–H and O–H groups in total. The van der Waals surface area contributed by atoms with E-state index in [0.717, 1.165) is 25.9 Å². The van der Waals surface area contributed by atoms with Crippen LogP contribution >= 0.6 is 0 Å². The SMILES string of the molecule is C#CCN(CC#N)C(=O)C[C@H]1CCCCO1. The fraction of sp³-hybridized carbons (Fsp3) is 0.667. The van der Waals surface area contributed by atoms with Gasteiger partial charge < -0.3 is 9.64 Å². The predicted octanol–water partition coefficient (Wildman–Crippen LogP) is 0.931. The fourth-order valence-corrected chi connectivity index (χ4v) is 1.72. The molecule has 86 valence electrons. The van der Waals surface area contributed by atoms with Gasteiger partial charge in [-0.25, -0.2) is 0 Å². The lowest BCUT2D eigenvalue weighted by molar-refractivity contribution is -0.133. The van der Waals surface area contributed by atoms with Crippen molar-refractivity contribution >= 4 is 5.91 Å². The maximum absolute atomic E-state index is 11.8. The first kappa shape index (κ1) is 12.5. The second kappa shape index (κ2) is 6.87. The van der Waals surface area contributed by atoms with Crippen molar-refractivity contribution in [1.29, 1.82) is 5.26 Å². The van der Waals surface area contributed by atoms with Crippen molar-refractivity contribution in [2.24, 2.45) is 0 Å². The van der Waals surface area contributed by atoms with Crippen molar-refractivity contribution in [2.75, 3.05) is 19.7 Å². The first-order valence-electron chi connectivity index (χ1n) is 5.47.